The number of guanidine groups is 1. The van der Waals surface area contributed by atoms with Gasteiger partial charge in [-0.15, -0.1) is 0 Å². The van der Waals surface area contributed by atoms with E-state index >= 15 is 0 Å². The van der Waals surface area contributed by atoms with Crippen LogP contribution in [0, 0.1) is 6.92 Å². The van der Waals surface area contributed by atoms with Gasteiger partial charge in [0.25, 0.3) is 0 Å². The van der Waals surface area contributed by atoms with E-state index in [2.05, 4.69) is 20.4 Å². The minimum absolute atomic E-state index is 0.104. The number of aliphatic imine (C=N–C) groups is 1. The lowest BCUT2D eigenvalue weighted by molar-refractivity contribution is -0.0504. The van der Waals surface area contributed by atoms with Crippen LogP contribution in [0.4, 0.5) is 8.78 Å². The summed E-state index contributed by atoms with van der Waals surface area (Å²) in [6, 6.07) is 11.6. The monoisotopic (exact) mass is 411 g/mol. The zero-order chi connectivity index (χ0) is 20.7. The number of hydrogen-bond acceptors (Lipinski definition) is 4. The molecule has 28 heavy (non-hydrogen) atoms. The summed E-state index contributed by atoms with van der Waals surface area (Å²) in [6.45, 7) is -0.488. The number of hydrogen-bond donors (Lipinski definition) is 2. The van der Waals surface area contributed by atoms with E-state index in [0.717, 1.165) is 5.56 Å². The molecule has 0 fully saturated rings. The summed E-state index contributed by atoms with van der Waals surface area (Å²) < 4.78 is 52.9. The number of nitrogens with one attached hydrogen (secondary N) is 2. The molecule has 2 rings (SSSR count). The fraction of sp³-hybridized carbons (Fsp3) is 0.316. The van der Waals surface area contributed by atoms with Gasteiger partial charge in [-0.3, -0.25) is 4.99 Å². The van der Waals surface area contributed by atoms with Gasteiger partial charge in [-0.05, 0) is 30.2 Å². The lowest BCUT2D eigenvalue weighted by atomic mass is 10.1. The third-order valence-electron chi connectivity index (χ3n) is 3.96. The molecule has 0 heterocycles. The summed E-state index contributed by atoms with van der Waals surface area (Å²) in [6.07, 6.45) is 1.18. The number of aryl methyl sites for hydroxylation is 1. The van der Waals surface area contributed by atoms with Crippen molar-refractivity contribution in [2.75, 3.05) is 13.3 Å². The molecular weight excluding hydrogens is 388 g/mol. The highest BCUT2D eigenvalue weighted by molar-refractivity contribution is 7.90. The molecular formula is C19H23F2N3O3S. The summed E-state index contributed by atoms with van der Waals surface area (Å²) in [4.78, 5) is 4.40. The Labute approximate surface area is 163 Å². The fourth-order valence-electron chi connectivity index (χ4n) is 2.68. The Bertz CT molecular complexity index is 947. The van der Waals surface area contributed by atoms with Crippen LogP contribution < -0.4 is 15.4 Å². The van der Waals surface area contributed by atoms with Crippen molar-refractivity contribution < 1.29 is 21.9 Å². The van der Waals surface area contributed by atoms with Crippen molar-refractivity contribution in [1.82, 2.24) is 10.6 Å². The van der Waals surface area contributed by atoms with Crippen molar-refractivity contribution >= 4 is 15.8 Å². The number of nitrogens with zero attached hydrogens (tertiary/aromatic N) is 1. The van der Waals surface area contributed by atoms with Crippen LogP contribution in [0.15, 0.2) is 52.4 Å². The first-order chi connectivity index (χ1) is 13.2. The molecule has 0 atom stereocenters. The van der Waals surface area contributed by atoms with Gasteiger partial charge in [-0.25, -0.2) is 8.42 Å². The van der Waals surface area contributed by atoms with Crippen molar-refractivity contribution in [2.24, 2.45) is 4.99 Å². The molecule has 2 aromatic carbocycles. The van der Waals surface area contributed by atoms with Gasteiger partial charge in [0, 0.05) is 32.0 Å². The van der Waals surface area contributed by atoms with E-state index in [1.807, 2.05) is 0 Å². The van der Waals surface area contributed by atoms with Crippen molar-refractivity contribution in [3.05, 3.63) is 59.2 Å². The van der Waals surface area contributed by atoms with E-state index in [1.54, 1.807) is 50.4 Å². The molecule has 0 radical (unpaired) electrons. The Hall–Kier alpha value is -2.68. The average molecular weight is 411 g/mol. The van der Waals surface area contributed by atoms with E-state index in [4.69, 9.17) is 0 Å². The third-order valence-corrected chi connectivity index (χ3v) is 5.21. The van der Waals surface area contributed by atoms with Crippen LogP contribution in [0.2, 0.25) is 0 Å². The Morgan fingerprint density at radius 3 is 2.43 bits per heavy atom. The third kappa shape index (κ3) is 6.19. The van der Waals surface area contributed by atoms with E-state index in [0.29, 0.717) is 28.5 Å². The summed E-state index contributed by atoms with van der Waals surface area (Å²) in [7, 11) is -1.67. The molecule has 0 aromatic heterocycles. The molecule has 0 saturated heterocycles. The van der Waals surface area contributed by atoms with E-state index in [-0.39, 0.29) is 12.3 Å². The molecule has 9 heteroatoms. The second-order valence-electron chi connectivity index (χ2n) is 6.14. The molecule has 0 aliphatic heterocycles. The second-order valence-corrected chi connectivity index (χ2v) is 8.12. The molecule has 0 bridgehead atoms. The van der Waals surface area contributed by atoms with Crippen molar-refractivity contribution in [2.45, 2.75) is 31.5 Å². The van der Waals surface area contributed by atoms with Gasteiger partial charge in [0.2, 0.25) is 0 Å². The summed E-state index contributed by atoms with van der Waals surface area (Å²) in [5.41, 5.74) is 2.12. The molecule has 0 spiro atoms. The molecule has 0 aliphatic rings. The molecule has 0 saturated carbocycles. The first-order valence-corrected chi connectivity index (χ1v) is 10.4. The minimum Gasteiger partial charge on any atom is -0.434 e. The fourth-order valence-corrected chi connectivity index (χ4v) is 3.64. The Kier molecular flexibility index (Phi) is 7.33. The summed E-state index contributed by atoms with van der Waals surface area (Å²) in [5.74, 6) is 0.573. The van der Waals surface area contributed by atoms with Crippen LogP contribution in [0.3, 0.4) is 0 Å². The van der Waals surface area contributed by atoms with Gasteiger partial charge < -0.3 is 15.4 Å². The van der Waals surface area contributed by atoms with Gasteiger partial charge in [0.05, 0.1) is 4.90 Å². The van der Waals surface area contributed by atoms with Crippen LogP contribution in [-0.4, -0.2) is 34.3 Å². The van der Waals surface area contributed by atoms with Crippen molar-refractivity contribution in [3.63, 3.8) is 0 Å². The van der Waals surface area contributed by atoms with Crippen molar-refractivity contribution in [3.8, 4) is 5.75 Å². The maximum absolute atomic E-state index is 12.5. The first-order valence-electron chi connectivity index (χ1n) is 8.47. The number of halogens is 2. The van der Waals surface area contributed by atoms with Crippen molar-refractivity contribution in [1.29, 1.82) is 0 Å². The number of rotatable bonds is 7. The molecule has 152 valence electrons. The standard InChI is InChI=1S/C19H23F2N3O3S/c1-13-10-14(8-9-17(13)28(3,25)26)11-23-19(22-2)24-12-15-6-4-5-7-16(15)27-18(20)21/h4-10,18H,11-12H2,1-3H3,(H2,22,23,24). The lowest BCUT2D eigenvalue weighted by Crippen LogP contribution is -2.36. The molecule has 2 aromatic rings. The highest BCUT2D eigenvalue weighted by Gasteiger charge is 2.12. The lowest BCUT2D eigenvalue weighted by Gasteiger charge is -2.15. The number of benzene rings is 2. The highest BCUT2D eigenvalue weighted by Crippen LogP contribution is 2.20. The van der Waals surface area contributed by atoms with Gasteiger partial charge >= 0.3 is 6.61 Å². The SMILES string of the molecule is CN=C(NCc1ccc(S(C)(=O)=O)c(C)c1)NCc1ccccc1OC(F)F. The molecule has 0 unspecified atom stereocenters. The zero-order valence-corrected chi connectivity index (χ0v) is 16.7. The van der Waals surface area contributed by atoms with Gasteiger partial charge in [-0.2, -0.15) is 8.78 Å². The van der Waals surface area contributed by atoms with Crippen LogP contribution in [0.25, 0.3) is 0 Å². The van der Waals surface area contributed by atoms with Crippen LogP contribution >= 0.6 is 0 Å². The summed E-state index contributed by atoms with van der Waals surface area (Å²) in [5, 5.41) is 6.14. The maximum atomic E-state index is 12.5. The molecule has 6 nitrogen and oxygen atoms in total. The normalized spacial score (nSPS) is 12.1. The Morgan fingerprint density at radius 2 is 1.82 bits per heavy atom. The number of para-hydroxylation sites is 1. The largest absolute Gasteiger partial charge is 0.434 e. The predicted octanol–water partition coefficient (Wildman–Crippen LogP) is 2.87. The smallest absolute Gasteiger partial charge is 0.387 e. The maximum Gasteiger partial charge on any atom is 0.387 e. The second kappa shape index (κ2) is 9.50. The topological polar surface area (TPSA) is 79.8 Å². The zero-order valence-electron chi connectivity index (χ0n) is 15.9. The van der Waals surface area contributed by atoms with E-state index in [9.17, 15) is 17.2 Å². The molecule has 0 amide bonds. The summed E-state index contributed by atoms with van der Waals surface area (Å²) >= 11 is 0. The molecule has 0 aliphatic carbocycles. The van der Waals surface area contributed by atoms with Crippen LogP contribution in [-0.2, 0) is 22.9 Å². The van der Waals surface area contributed by atoms with E-state index in [1.165, 1.54) is 12.3 Å². The quantitative estimate of drug-likeness (QED) is 0.541. The van der Waals surface area contributed by atoms with Crippen LogP contribution in [0.5, 0.6) is 5.75 Å². The van der Waals surface area contributed by atoms with E-state index < -0.39 is 16.4 Å². The van der Waals surface area contributed by atoms with Gasteiger partial charge in [-0.1, -0.05) is 30.3 Å². The highest BCUT2D eigenvalue weighted by atomic mass is 32.2. The predicted molar refractivity (Wildman–Crippen MR) is 104 cm³/mol. The molecule has 2 N–H and O–H groups in total. The number of ether oxygens (including phenoxy) is 1. The minimum atomic E-state index is -3.26. The average Bonchev–Trinajstić information content (AvgIpc) is 2.61. The Balaban J connectivity index is 1.98. The van der Waals surface area contributed by atoms with Gasteiger partial charge in [0.15, 0.2) is 15.8 Å². The number of alkyl halides is 2. The first kappa shape index (κ1) is 21.6. The Morgan fingerprint density at radius 1 is 1.14 bits per heavy atom. The van der Waals surface area contributed by atoms with Crippen LogP contribution in [0.1, 0.15) is 16.7 Å². The number of sulfone groups is 1. The van der Waals surface area contributed by atoms with Gasteiger partial charge in [0.1, 0.15) is 5.75 Å².